The first-order chi connectivity index (χ1) is 13.0. The van der Waals surface area contributed by atoms with Gasteiger partial charge >= 0.3 is 0 Å². The molecule has 0 saturated heterocycles. The number of likely N-dealkylation sites (N-methyl/N-ethyl adjacent to an activating group) is 1. The maximum atomic E-state index is 12.9. The van der Waals surface area contributed by atoms with Gasteiger partial charge in [0.2, 0.25) is 11.8 Å². The van der Waals surface area contributed by atoms with Gasteiger partial charge in [0, 0.05) is 35.2 Å². The van der Waals surface area contributed by atoms with Crippen LogP contribution in [0.25, 0.3) is 0 Å². The Morgan fingerprint density at radius 1 is 1.11 bits per heavy atom. The number of carbonyl (C=O) groups is 2. The minimum Gasteiger partial charge on any atom is -0.355 e. The molecule has 144 valence electrons. The van der Waals surface area contributed by atoms with Gasteiger partial charge in [0.1, 0.15) is 6.04 Å². The maximum Gasteiger partial charge on any atom is 0.242 e. The Balaban J connectivity index is 2.00. The van der Waals surface area contributed by atoms with Crippen LogP contribution in [0.5, 0.6) is 0 Å². The normalized spacial score (nSPS) is 11.7. The second-order valence-corrected chi connectivity index (χ2v) is 7.73. The third-order valence-corrected chi connectivity index (χ3v) is 5.38. The Bertz CT molecular complexity index is 738. The number of amides is 2. The molecular weight excluding hydrogens is 380 g/mol. The first-order valence-electron chi connectivity index (χ1n) is 9.00. The SMILES string of the molecule is CCNC(=O)[C@@H](C)N(Cc1ccccc1)C(=O)CCSc1ccc(Cl)cc1. The van der Waals surface area contributed by atoms with E-state index in [1.165, 1.54) is 0 Å². The lowest BCUT2D eigenvalue weighted by Crippen LogP contribution is -2.47. The van der Waals surface area contributed by atoms with Crippen LogP contribution in [-0.2, 0) is 16.1 Å². The molecule has 2 rings (SSSR count). The van der Waals surface area contributed by atoms with Gasteiger partial charge in [-0.2, -0.15) is 0 Å². The van der Waals surface area contributed by atoms with Crippen molar-refractivity contribution < 1.29 is 9.59 Å². The number of carbonyl (C=O) groups excluding carboxylic acids is 2. The average molecular weight is 405 g/mol. The molecule has 2 amide bonds. The van der Waals surface area contributed by atoms with E-state index in [9.17, 15) is 9.59 Å². The van der Waals surface area contributed by atoms with Crippen LogP contribution in [0.15, 0.2) is 59.5 Å². The highest BCUT2D eigenvalue weighted by molar-refractivity contribution is 7.99. The molecule has 0 unspecified atom stereocenters. The quantitative estimate of drug-likeness (QED) is 0.631. The van der Waals surface area contributed by atoms with Crippen LogP contribution < -0.4 is 5.32 Å². The zero-order valence-corrected chi connectivity index (χ0v) is 17.2. The zero-order valence-electron chi connectivity index (χ0n) is 15.7. The summed E-state index contributed by atoms with van der Waals surface area (Å²) >= 11 is 7.50. The Morgan fingerprint density at radius 3 is 2.41 bits per heavy atom. The molecule has 1 atom stereocenters. The highest BCUT2D eigenvalue weighted by Gasteiger charge is 2.25. The Hall–Kier alpha value is -1.98. The summed E-state index contributed by atoms with van der Waals surface area (Å²) in [5.41, 5.74) is 1.01. The molecule has 4 nitrogen and oxygen atoms in total. The lowest BCUT2D eigenvalue weighted by atomic mass is 10.1. The summed E-state index contributed by atoms with van der Waals surface area (Å²) in [5, 5.41) is 3.50. The number of nitrogens with one attached hydrogen (secondary N) is 1. The van der Waals surface area contributed by atoms with E-state index < -0.39 is 6.04 Å². The summed E-state index contributed by atoms with van der Waals surface area (Å²) in [6, 6.07) is 16.8. The molecule has 0 saturated carbocycles. The molecule has 0 radical (unpaired) electrons. The molecule has 0 fully saturated rings. The van der Waals surface area contributed by atoms with Gasteiger partial charge in [0.05, 0.1) is 0 Å². The van der Waals surface area contributed by atoms with Crippen molar-refractivity contribution in [3.8, 4) is 0 Å². The zero-order chi connectivity index (χ0) is 19.6. The van der Waals surface area contributed by atoms with Gasteiger partial charge in [-0.1, -0.05) is 41.9 Å². The fraction of sp³-hybridized carbons (Fsp3) is 0.333. The molecule has 0 aliphatic rings. The third-order valence-electron chi connectivity index (χ3n) is 4.11. The van der Waals surface area contributed by atoms with Gasteiger partial charge in [-0.3, -0.25) is 9.59 Å². The summed E-state index contributed by atoms with van der Waals surface area (Å²) in [5.74, 6) is 0.486. The molecule has 0 spiro atoms. The summed E-state index contributed by atoms with van der Waals surface area (Å²) < 4.78 is 0. The van der Waals surface area contributed by atoms with Crippen LogP contribution >= 0.6 is 23.4 Å². The second-order valence-electron chi connectivity index (χ2n) is 6.13. The Kier molecular flexibility index (Phi) is 8.69. The largest absolute Gasteiger partial charge is 0.355 e. The molecule has 2 aromatic carbocycles. The number of hydrogen-bond acceptors (Lipinski definition) is 3. The van der Waals surface area contributed by atoms with Gasteiger partial charge in [-0.15, -0.1) is 11.8 Å². The number of rotatable bonds is 9. The van der Waals surface area contributed by atoms with Crippen molar-refractivity contribution in [2.75, 3.05) is 12.3 Å². The van der Waals surface area contributed by atoms with Crippen molar-refractivity contribution in [3.05, 3.63) is 65.2 Å². The second kappa shape index (κ2) is 11.0. The molecule has 0 aliphatic heterocycles. The van der Waals surface area contributed by atoms with Crippen LogP contribution in [0.1, 0.15) is 25.8 Å². The van der Waals surface area contributed by atoms with Crippen LogP contribution in [0.2, 0.25) is 5.02 Å². The topological polar surface area (TPSA) is 49.4 Å². The number of halogens is 1. The fourth-order valence-corrected chi connectivity index (χ4v) is 3.58. The summed E-state index contributed by atoms with van der Waals surface area (Å²) in [6.07, 6.45) is 0.365. The number of thioether (sulfide) groups is 1. The third kappa shape index (κ3) is 6.92. The van der Waals surface area contributed by atoms with E-state index in [1.807, 2.05) is 61.5 Å². The average Bonchev–Trinajstić information content (AvgIpc) is 2.68. The highest BCUT2D eigenvalue weighted by Crippen LogP contribution is 2.22. The molecule has 0 bridgehead atoms. The molecular formula is C21H25ClN2O2S. The van der Waals surface area contributed by atoms with E-state index in [2.05, 4.69) is 5.32 Å². The van der Waals surface area contributed by atoms with Crippen molar-refractivity contribution in [2.24, 2.45) is 0 Å². The van der Waals surface area contributed by atoms with Crippen LogP contribution in [0.3, 0.4) is 0 Å². The molecule has 0 aromatic heterocycles. The van der Waals surface area contributed by atoms with E-state index in [1.54, 1.807) is 23.6 Å². The Labute approximate surface area is 170 Å². The minimum absolute atomic E-state index is 0.0286. The van der Waals surface area contributed by atoms with Gasteiger partial charge in [0.15, 0.2) is 0 Å². The standard InChI is InChI=1S/C21H25ClN2O2S/c1-3-23-21(26)16(2)24(15-17-7-5-4-6-8-17)20(25)13-14-27-19-11-9-18(22)10-12-19/h4-12,16H,3,13-15H2,1-2H3,(H,23,26)/t16-/m1/s1. The van der Waals surface area contributed by atoms with Crippen molar-refractivity contribution in [1.82, 2.24) is 10.2 Å². The van der Waals surface area contributed by atoms with Gasteiger partial charge in [0.25, 0.3) is 0 Å². The van der Waals surface area contributed by atoms with Crippen LogP contribution in [0, 0.1) is 0 Å². The van der Waals surface area contributed by atoms with Gasteiger partial charge in [-0.25, -0.2) is 0 Å². The predicted molar refractivity (Wildman–Crippen MR) is 112 cm³/mol. The van der Waals surface area contributed by atoms with E-state index >= 15 is 0 Å². The molecule has 6 heteroatoms. The van der Waals surface area contributed by atoms with Crippen molar-refractivity contribution >= 4 is 35.2 Å². The Morgan fingerprint density at radius 2 is 1.78 bits per heavy atom. The maximum absolute atomic E-state index is 12.9. The van der Waals surface area contributed by atoms with Crippen molar-refractivity contribution in [1.29, 1.82) is 0 Å². The number of hydrogen-bond donors (Lipinski definition) is 1. The summed E-state index contributed by atoms with van der Waals surface area (Å²) in [6.45, 7) is 4.61. The lowest BCUT2D eigenvalue weighted by Gasteiger charge is -2.28. The van der Waals surface area contributed by atoms with Gasteiger partial charge in [-0.05, 0) is 43.7 Å². The monoisotopic (exact) mass is 404 g/mol. The van der Waals surface area contributed by atoms with Crippen LogP contribution in [0.4, 0.5) is 0 Å². The van der Waals surface area contributed by atoms with Crippen molar-refractivity contribution in [3.63, 3.8) is 0 Å². The minimum atomic E-state index is -0.516. The van der Waals surface area contributed by atoms with E-state index in [0.717, 1.165) is 10.5 Å². The summed E-state index contributed by atoms with van der Waals surface area (Å²) in [4.78, 5) is 27.9. The van der Waals surface area contributed by atoms with E-state index in [-0.39, 0.29) is 11.8 Å². The molecule has 2 aromatic rings. The fourth-order valence-electron chi connectivity index (χ4n) is 2.62. The van der Waals surface area contributed by atoms with E-state index in [4.69, 9.17) is 11.6 Å². The summed E-state index contributed by atoms with van der Waals surface area (Å²) in [7, 11) is 0. The van der Waals surface area contributed by atoms with Gasteiger partial charge < -0.3 is 10.2 Å². The number of nitrogens with zero attached hydrogens (tertiary/aromatic N) is 1. The van der Waals surface area contributed by atoms with E-state index in [0.29, 0.717) is 30.3 Å². The smallest absolute Gasteiger partial charge is 0.242 e. The molecule has 0 heterocycles. The predicted octanol–water partition coefficient (Wildman–Crippen LogP) is 4.38. The van der Waals surface area contributed by atoms with Crippen LogP contribution in [-0.4, -0.2) is 35.1 Å². The molecule has 0 aliphatic carbocycles. The highest BCUT2D eigenvalue weighted by atomic mass is 35.5. The molecule has 1 N–H and O–H groups in total. The first kappa shape index (κ1) is 21.3. The number of benzene rings is 2. The van der Waals surface area contributed by atoms with Crippen molar-refractivity contribution in [2.45, 2.75) is 37.8 Å². The molecule has 27 heavy (non-hydrogen) atoms. The lowest BCUT2D eigenvalue weighted by molar-refractivity contribution is -0.140. The first-order valence-corrected chi connectivity index (χ1v) is 10.4.